The van der Waals surface area contributed by atoms with Crippen LogP contribution in [0.15, 0.2) is 24.3 Å². The van der Waals surface area contributed by atoms with Crippen molar-refractivity contribution in [2.45, 2.75) is 19.0 Å². The third kappa shape index (κ3) is 2.99. The van der Waals surface area contributed by atoms with Gasteiger partial charge >= 0.3 is 0 Å². The monoisotopic (exact) mass is 278 g/mol. The molecule has 0 aliphatic carbocycles. The highest BCUT2D eigenvalue weighted by Gasteiger charge is 2.30. The van der Waals surface area contributed by atoms with Gasteiger partial charge in [0.2, 0.25) is 5.91 Å². The number of carbonyl (C=O) groups is 1. The van der Waals surface area contributed by atoms with Crippen LogP contribution in [0.3, 0.4) is 0 Å². The smallest absolute Gasteiger partial charge is 0.237 e. The Bertz CT molecular complexity index is 471. The standard InChI is InChI=1S/C15H19FN2O2/c16-13-3-1-12(2-4-13)9-18-7-6-17(10-15(18)19)14-5-8-20-11-14/h1-4,14H,5-11H2/t14-/m1/s1. The van der Waals surface area contributed by atoms with Gasteiger partial charge in [-0.1, -0.05) is 12.1 Å². The number of rotatable bonds is 3. The van der Waals surface area contributed by atoms with E-state index in [4.69, 9.17) is 4.74 Å². The van der Waals surface area contributed by atoms with Crippen LogP contribution in [-0.2, 0) is 16.1 Å². The van der Waals surface area contributed by atoms with Crippen LogP contribution in [0.2, 0.25) is 0 Å². The number of halogens is 1. The van der Waals surface area contributed by atoms with E-state index >= 15 is 0 Å². The number of nitrogens with zero attached hydrogens (tertiary/aromatic N) is 2. The lowest BCUT2D eigenvalue weighted by atomic mass is 10.1. The van der Waals surface area contributed by atoms with Crippen LogP contribution < -0.4 is 0 Å². The zero-order valence-electron chi connectivity index (χ0n) is 11.4. The van der Waals surface area contributed by atoms with Crippen molar-refractivity contribution in [1.82, 2.24) is 9.80 Å². The molecular formula is C15H19FN2O2. The van der Waals surface area contributed by atoms with Gasteiger partial charge in [-0.2, -0.15) is 0 Å². The molecule has 0 saturated carbocycles. The third-order valence-corrected chi connectivity index (χ3v) is 4.06. The van der Waals surface area contributed by atoms with Gasteiger partial charge in [0, 0.05) is 32.3 Å². The zero-order valence-corrected chi connectivity index (χ0v) is 11.4. The van der Waals surface area contributed by atoms with E-state index in [1.165, 1.54) is 12.1 Å². The summed E-state index contributed by atoms with van der Waals surface area (Å²) in [6.45, 7) is 4.19. The van der Waals surface area contributed by atoms with E-state index in [-0.39, 0.29) is 11.7 Å². The van der Waals surface area contributed by atoms with E-state index in [2.05, 4.69) is 4.90 Å². The highest BCUT2D eigenvalue weighted by atomic mass is 19.1. The van der Waals surface area contributed by atoms with Crippen molar-refractivity contribution < 1.29 is 13.9 Å². The van der Waals surface area contributed by atoms with Crippen LogP contribution in [0, 0.1) is 5.82 Å². The minimum Gasteiger partial charge on any atom is -0.380 e. The lowest BCUT2D eigenvalue weighted by molar-refractivity contribution is -0.137. The van der Waals surface area contributed by atoms with Crippen LogP contribution in [0.5, 0.6) is 0 Å². The zero-order chi connectivity index (χ0) is 13.9. The summed E-state index contributed by atoms with van der Waals surface area (Å²) < 4.78 is 18.2. The summed E-state index contributed by atoms with van der Waals surface area (Å²) in [6, 6.07) is 6.74. The molecular weight excluding hydrogens is 259 g/mol. The lowest BCUT2D eigenvalue weighted by Crippen LogP contribution is -2.53. The molecule has 2 saturated heterocycles. The summed E-state index contributed by atoms with van der Waals surface area (Å²) in [4.78, 5) is 16.3. The fraction of sp³-hybridized carbons (Fsp3) is 0.533. The first kappa shape index (κ1) is 13.5. The van der Waals surface area contributed by atoms with Gasteiger partial charge in [-0.15, -0.1) is 0 Å². The number of amides is 1. The first-order valence-electron chi connectivity index (χ1n) is 7.06. The molecule has 4 nitrogen and oxygen atoms in total. The highest BCUT2D eigenvalue weighted by molar-refractivity contribution is 5.79. The van der Waals surface area contributed by atoms with Gasteiger partial charge in [0.15, 0.2) is 0 Å². The molecule has 0 unspecified atom stereocenters. The second-order valence-electron chi connectivity index (χ2n) is 5.43. The average molecular weight is 278 g/mol. The van der Waals surface area contributed by atoms with Crippen molar-refractivity contribution >= 4 is 5.91 Å². The first-order valence-corrected chi connectivity index (χ1v) is 7.06. The van der Waals surface area contributed by atoms with E-state index in [9.17, 15) is 9.18 Å². The summed E-state index contributed by atoms with van der Waals surface area (Å²) in [5.41, 5.74) is 0.970. The Morgan fingerprint density at radius 3 is 2.70 bits per heavy atom. The van der Waals surface area contributed by atoms with Gasteiger partial charge in [-0.3, -0.25) is 9.69 Å². The molecule has 0 aromatic heterocycles. The second kappa shape index (κ2) is 5.89. The second-order valence-corrected chi connectivity index (χ2v) is 5.43. The van der Waals surface area contributed by atoms with Gasteiger partial charge in [-0.25, -0.2) is 4.39 Å². The molecule has 2 aliphatic rings. The predicted molar refractivity (Wildman–Crippen MR) is 72.6 cm³/mol. The maximum Gasteiger partial charge on any atom is 0.237 e. The van der Waals surface area contributed by atoms with E-state index < -0.39 is 0 Å². The Kier molecular flexibility index (Phi) is 3.98. The molecule has 2 heterocycles. The topological polar surface area (TPSA) is 32.8 Å². The quantitative estimate of drug-likeness (QED) is 0.834. The lowest BCUT2D eigenvalue weighted by Gasteiger charge is -2.37. The van der Waals surface area contributed by atoms with Crippen molar-refractivity contribution in [3.8, 4) is 0 Å². The maximum absolute atomic E-state index is 12.9. The van der Waals surface area contributed by atoms with Gasteiger partial charge in [0.1, 0.15) is 5.82 Å². The molecule has 2 aliphatic heterocycles. The highest BCUT2D eigenvalue weighted by Crippen LogP contribution is 2.17. The molecule has 0 N–H and O–H groups in total. The molecule has 0 radical (unpaired) electrons. The predicted octanol–water partition coefficient (Wildman–Crippen LogP) is 1.26. The Labute approximate surface area is 118 Å². The molecule has 2 fully saturated rings. The van der Waals surface area contributed by atoms with E-state index in [1.54, 1.807) is 12.1 Å². The Hall–Kier alpha value is -1.46. The number of hydrogen-bond acceptors (Lipinski definition) is 3. The number of piperazine rings is 1. The third-order valence-electron chi connectivity index (χ3n) is 4.06. The first-order chi connectivity index (χ1) is 9.72. The summed E-state index contributed by atoms with van der Waals surface area (Å²) in [5.74, 6) is -0.0985. The Morgan fingerprint density at radius 1 is 1.25 bits per heavy atom. The van der Waals surface area contributed by atoms with E-state index in [0.717, 1.165) is 38.3 Å². The molecule has 5 heteroatoms. The Morgan fingerprint density at radius 2 is 2.05 bits per heavy atom. The molecule has 3 rings (SSSR count). The number of ether oxygens (including phenoxy) is 1. The average Bonchev–Trinajstić information content (AvgIpc) is 2.97. The molecule has 1 atom stereocenters. The van der Waals surface area contributed by atoms with Gasteiger partial charge < -0.3 is 9.64 Å². The van der Waals surface area contributed by atoms with E-state index in [0.29, 0.717) is 19.1 Å². The number of carbonyl (C=O) groups excluding carboxylic acids is 1. The minimum absolute atomic E-state index is 0.146. The van der Waals surface area contributed by atoms with E-state index in [1.807, 2.05) is 4.90 Å². The van der Waals surface area contributed by atoms with Gasteiger partial charge in [0.05, 0.1) is 13.2 Å². The van der Waals surface area contributed by atoms with Crippen molar-refractivity contribution in [2.75, 3.05) is 32.8 Å². The van der Waals surface area contributed by atoms with Crippen molar-refractivity contribution in [2.24, 2.45) is 0 Å². The van der Waals surface area contributed by atoms with Gasteiger partial charge in [-0.05, 0) is 24.1 Å². The Balaban J connectivity index is 1.57. The SMILES string of the molecule is O=C1CN([C@@H]2CCOC2)CCN1Cc1ccc(F)cc1. The summed E-state index contributed by atoms with van der Waals surface area (Å²) >= 11 is 0. The molecule has 1 amide bonds. The number of hydrogen-bond donors (Lipinski definition) is 0. The molecule has 0 spiro atoms. The van der Waals surface area contributed by atoms with Crippen LogP contribution in [-0.4, -0.2) is 54.6 Å². The number of benzene rings is 1. The fourth-order valence-corrected chi connectivity index (χ4v) is 2.83. The summed E-state index contributed by atoms with van der Waals surface area (Å²) in [5, 5.41) is 0. The van der Waals surface area contributed by atoms with Crippen LogP contribution in [0.25, 0.3) is 0 Å². The largest absolute Gasteiger partial charge is 0.380 e. The van der Waals surface area contributed by atoms with Crippen molar-refractivity contribution in [3.63, 3.8) is 0 Å². The molecule has 1 aromatic rings. The molecule has 0 bridgehead atoms. The minimum atomic E-state index is -0.244. The summed E-state index contributed by atoms with van der Waals surface area (Å²) in [7, 11) is 0. The molecule has 1 aromatic carbocycles. The summed E-state index contributed by atoms with van der Waals surface area (Å²) in [6.07, 6.45) is 1.02. The van der Waals surface area contributed by atoms with Crippen LogP contribution >= 0.6 is 0 Å². The fourth-order valence-electron chi connectivity index (χ4n) is 2.83. The molecule has 108 valence electrons. The van der Waals surface area contributed by atoms with Gasteiger partial charge in [0.25, 0.3) is 0 Å². The molecule has 20 heavy (non-hydrogen) atoms. The van der Waals surface area contributed by atoms with Crippen LogP contribution in [0.4, 0.5) is 4.39 Å². The maximum atomic E-state index is 12.9. The van der Waals surface area contributed by atoms with Crippen LogP contribution in [0.1, 0.15) is 12.0 Å². The normalized spacial score (nSPS) is 24.4. The van der Waals surface area contributed by atoms with Crippen molar-refractivity contribution in [3.05, 3.63) is 35.6 Å². The van der Waals surface area contributed by atoms with Crippen molar-refractivity contribution in [1.29, 1.82) is 0 Å².